The van der Waals surface area contributed by atoms with Crippen molar-refractivity contribution in [2.24, 2.45) is 0 Å². The molecule has 0 atom stereocenters. The number of hydrogen-bond donors (Lipinski definition) is 2. The zero-order chi connectivity index (χ0) is 20.1. The van der Waals surface area contributed by atoms with Crippen molar-refractivity contribution in [2.75, 3.05) is 42.5 Å². The standard InChI is InChI=1S/C19H25N5O3S/c1-13(2)16-17(18(27)21-8-5-15(25)26)28-19(22-16)24-11-9-23(10-12-24)14-3-6-20-7-4-14/h3-4,6-7,13H,5,8-12H2,1-2H3,(H,21,27)(H,25,26). The molecule has 1 fully saturated rings. The number of hydrogen-bond acceptors (Lipinski definition) is 7. The van der Waals surface area contributed by atoms with Crippen LogP contribution in [0, 0.1) is 0 Å². The summed E-state index contributed by atoms with van der Waals surface area (Å²) in [6, 6.07) is 4.02. The summed E-state index contributed by atoms with van der Waals surface area (Å²) in [5, 5.41) is 12.3. The van der Waals surface area contributed by atoms with Gasteiger partial charge in [-0.3, -0.25) is 14.6 Å². The molecule has 9 heteroatoms. The van der Waals surface area contributed by atoms with E-state index in [0.29, 0.717) is 4.88 Å². The Balaban J connectivity index is 1.67. The van der Waals surface area contributed by atoms with E-state index in [1.807, 2.05) is 26.0 Å². The quantitative estimate of drug-likeness (QED) is 0.731. The Kier molecular flexibility index (Phi) is 6.45. The molecule has 2 N–H and O–H groups in total. The van der Waals surface area contributed by atoms with E-state index in [0.717, 1.165) is 42.7 Å². The SMILES string of the molecule is CC(C)c1nc(N2CCN(c3ccncc3)CC2)sc1C(=O)NCCC(=O)O. The fourth-order valence-corrected chi connectivity index (χ4v) is 4.27. The van der Waals surface area contributed by atoms with Crippen molar-refractivity contribution in [3.63, 3.8) is 0 Å². The number of amides is 1. The van der Waals surface area contributed by atoms with Gasteiger partial charge >= 0.3 is 5.97 Å². The van der Waals surface area contributed by atoms with Crippen LogP contribution in [0.1, 0.15) is 41.6 Å². The summed E-state index contributed by atoms with van der Waals surface area (Å²) in [5.74, 6) is -1.06. The van der Waals surface area contributed by atoms with Gasteiger partial charge in [-0.25, -0.2) is 4.98 Å². The van der Waals surface area contributed by atoms with Crippen LogP contribution in [0.4, 0.5) is 10.8 Å². The van der Waals surface area contributed by atoms with Crippen LogP contribution < -0.4 is 15.1 Å². The molecule has 2 aromatic rings. The molecule has 3 heterocycles. The van der Waals surface area contributed by atoms with Crippen LogP contribution in [-0.4, -0.2) is 59.7 Å². The monoisotopic (exact) mass is 403 g/mol. The number of pyridine rings is 1. The van der Waals surface area contributed by atoms with Crippen LogP contribution in [0.5, 0.6) is 0 Å². The maximum atomic E-state index is 12.5. The summed E-state index contributed by atoms with van der Waals surface area (Å²) in [5.41, 5.74) is 1.93. The van der Waals surface area contributed by atoms with E-state index in [4.69, 9.17) is 10.1 Å². The molecule has 0 unspecified atom stereocenters. The number of piperazine rings is 1. The lowest BCUT2D eigenvalue weighted by atomic mass is 10.1. The number of nitrogens with one attached hydrogen (secondary N) is 1. The molecule has 1 aliphatic heterocycles. The molecule has 8 nitrogen and oxygen atoms in total. The number of aromatic nitrogens is 2. The maximum Gasteiger partial charge on any atom is 0.305 e. The normalized spacial score (nSPS) is 14.4. The maximum absolute atomic E-state index is 12.5. The van der Waals surface area contributed by atoms with Crippen LogP contribution in [0.25, 0.3) is 0 Å². The fourth-order valence-electron chi connectivity index (χ4n) is 3.08. The number of carbonyl (C=O) groups excluding carboxylic acids is 1. The summed E-state index contributed by atoms with van der Waals surface area (Å²) >= 11 is 1.39. The Labute approximate surface area is 168 Å². The topological polar surface area (TPSA) is 98.7 Å². The van der Waals surface area contributed by atoms with E-state index in [-0.39, 0.29) is 24.8 Å². The van der Waals surface area contributed by atoms with E-state index in [2.05, 4.69) is 20.1 Å². The highest BCUT2D eigenvalue weighted by Gasteiger charge is 2.25. The smallest absolute Gasteiger partial charge is 0.305 e. The molecule has 0 aromatic carbocycles. The van der Waals surface area contributed by atoms with Crippen molar-refractivity contribution in [3.05, 3.63) is 35.1 Å². The number of aliphatic carboxylic acids is 1. The predicted octanol–water partition coefficient (Wildman–Crippen LogP) is 2.19. The Morgan fingerprint density at radius 1 is 1.18 bits per heavy atom. The Bertz CT molecular complexity index is 816. The van der Waals surface area contributed by atoms with Gasteiger partial charge in [-0.05, 0) is 18.1 Å². The number of carboxylic acid groups (broad SMARTS) is 1. The number of carbonyl (C=O) groups is 2. The van der Waals surface area contributed by atoms with Crippen molar-refractivity contribution < 1.29 is 14.7 Å². The van der Waals surface area contributed by atoms with Gasteiger partial charge in [0.1, 0.15) is 4.88 Å². The highest BCUT2D eigenvalue weighted by atomic mass is 32.1. The molecule has 0 saturated carbocycles. The third-order valence-corrected chi connectivity index (χ3v) is 5.73. The number of anilines is 2. The third kappa shape index (κ3) is 4.78. The first-order valence-electron chi connectivity index (χ1n) is 9.36. The molecule has 0 bridgehead atoms. The van der Waals surface area contributed by atoms with Gasteiger partial charge in [0.15, 0.2) is 5.13 Å². The minimum absolute atomic E-state index is 0.0919. The third-order valence-electron chi connectivity index (χ3n) is 4.60. The number of carboxylic acids is 1. The second kappa shape index (κ2) is 9.01. The summed E-state index contributed by atoms with van der Waals surface area (Å²) in [7, 11) is 0. The molecule has 0 radical (unpaired) electrons. The highest BCUT2D eigenvalue weighted by Crippen LogP contribution is 2.31. The van der Waals surface area contributed by atoms with E-state index in [1.54, 1.807) is 12.4 Å². The van der Waals surface area contributed by atoms with E-state index >= 15 is 0 Å². The largest absolute Gasteiger partial charge is 0.481 e. The molecular formula is C19H25N5O3S. The number of rotatable bonds is 7. The molecule has 1 aliphatic rings. The lowest BCUT2D eigenvalue weighted by molar-refractivity contribution is -0.136. The summed E-state index contributed by atoms with van der Waals surface area (Å²) in [4.78, 5) is 37.1. The van der Waals surface area contributed by atoms with Crippen LogP contribution in [0.2, 0.25) is 0 Å². The second-order valence-electron chi connectivity index (χ2n) is 6.94. The summed E-state index contributed by atoms with van der Waals surface area (Å²) < 4.78 is 0. The molecule has 1 amide bonds. The zero-order valence-corrected chi connectivity index (χ0v) is 16.9. The van der Waals surface area contributed by atoms with Crippen LogP contribution in [0.3, 0.4) is 0 Å². The van der Waals surface area contributed by atoms with Gasteiger partial charge < -0.3 is 20.2 Å². The predicted molar refractivity (Wildman–Crippen MR) is 109 cm³/mol. The van der Waals surface area contributed by atoms with E-state index < -0.39 is 5.97 Å². The first-order valence-corrected chi connectivity index (χ1v) is 10.2. The van der Waals surface area contributed by atoms with Crippen molar-refractivity contribution in [2.45, 2.75) is 26.2 Å². The molecule has 1 saturated heterocycles. The second-order valence-corrected chi connectivity index (χ2v) is 7.92. The van der Waals surface area contributed by atoms with Gasteiger partial charge in [0.25, 0.3) is 5.91 Å². The highest BCUT2D eigenvalue weighted by molar-refractivity contribution is 7.17. The Morgan fingerprint density at radius 2 is 1.82 bits per heavy atom. The van der Waals surface area contributed by atoms with E-state index in [9.17, 15) is 9.59 Å². The molecule has 2 aromatic heterocycles. The lowest BCUT2D eigenvalue weighted by Crippen LogP contribution is -2.46. The molecule has 0 aliphatic carbocycles. The van der Waals surface area contributed by atoms with Gasteiger partial charge in [0, 0.05) is 50.8 Å². The van der Waals surface area contributed by atoms with Crippen LogP contribution in [0.15, 0.2) is 24.5 Å². The van der Waals surface area contributed by atoms with Gasteiger partial charge in [-0.2, -0.15) is 0 Å². The summed E-state index contributed by atoms with van der Waals surface area (Å²) in [6.07, 6.45) is 3.50. The molecule has 0 spiro atoms. The molecule has 3 rings (SSSR count). The average Bonchev–Trinajstić information content (AvgIpc) is 3.14. The number of nitrogens with zero attached hydrogens (tertiary/aromatic N) is 4. The minimum atomic E-state index is -0.929. The van der Waals surface area contributed by atoms with Gasteiger partial charge in [0.2, 0.25) is 0 Å². The molecule has 28 heavy (non-hydrogen) atoms. The van der Waals surface area contributed by atoms with Crippen molar-refractivity contribution >= 4 is 34.0 Å². The number of thiazole rings is 1. The first-order chi connectivity index (χ1) is 13.5. The zero-order valence-electron chi connectivity index (χ0n) is 16.1. The average molecular weight is 404 g/mol. The van der Waals surface area contributed by atoms with Crippen LogP contribution in [-0.2, 0) is 4.79 Å². The Hall–Kier alpha value is -2.68. The van der Waals surface area contributed by atoms with Gasteiger partial charge in [0.05, 0.1) is 12.1 Å². The molecule has 150 valence electrons. The van der Waals surface area contributed by atoms with Gasteiger partial charge in [-0.1, -0.05) is 25.2 Å². The summed E-state index contributed by atoms with van der Waals surface area (Å²) in [6.45, 7) is 7.54. The minimum Gasteiger partial charge on any atom is -0.481 e. The van der Waals surface area contributed by atoms with Crippen LogP contribution >= 0.6 is 11.3 Å². The van der Waals surface area contributed by atoms with Crippen molar-refractivity contribution in [1.82, 2.24) is 15.3 Å². The Morgan fingerprint density at radius 3 is 2.43 bits per heavy atom. The van der Waals surface area contributed by atoms with Crippen molar-refractivity contribution in [1.29, 1.82) is 0 Å². The van der Waals surface area contributed by atoms with E-state index in [1.165, 1.54) is 11.3 Å². The fraction of sp³-hybridized carbons (Fsp3) is 0.474. The van der Waals surface area contributed by atoms with Crippen molar-refractivity contribution in [3.8, 4) is 0 Å². The first kappa shape index (κ1) is 20.1. The lowest BCUT2D eigenvalue weighted by Gasteiger charge is -2.35. The van der Waals surface area contributed by atoms with Gasteiger partial charge in [-0.15, -0.1) is 0 Å². The molecular weight excluding hydrogens is 378 g/mol.